The number of ether oxygens (including phenoxy) is 2. The fraction of sp³-hybridized carbons (Fsp3) is 0.500. The molecule has 8 heteroatoms. The number of alkyl halides is 2. The molecule has 1 rings (SSSR count). The molecule has 0 spiro atoms. The molecular weight excluding hydrogens is 200 g/mol. The van der Waals surface area contributed by atoms with Crippen LogP contribution in [0.4, 0.5) is 8.78 Å². The maximum atomic E-state index is 11.8. The van der Waals surface area contributed by atoms with Crippen LogP contribution in [0.15, 0.2) is 0 Å². The van der Waals surface area contributed by atoms with Crippen molar-refractivity contribution in [2.75, 3.05) is 6.61 Å². The summed E-state index contributed by atoms with van der Waals surface area (Å²) in [6.07, 6.45) is 0. The monoisotopic (exact) mass is 207 g/mol. The quantitative estimate of drug-likeness (QED) is 0.731. The summed E-state index contributed by atoms with van der Waals surface area (Å²) in [4.78, 5) is 11.0. The Balaban J connectivity index is 2.76. The topological polar surface area (TPSA) is 77.1 Å². The largest absolute Gasteiger partial charge is 0.461 e. The van der Waals surface area contributed by atoms with Crippen LogP contribution in [-0.2, 0) is 4.74 Å². The van der Waals surface area contributed by atoms with Crippen molar-refractivity contribution >= 4 is 5.97 Å². The van der Waals surface area contributed by atoms with Gasteiger partial charge in [-0.1, -0.05) is 10.3 Å². The highest BCUT2D eigenvalue weighted by molar-refractivity contribution is 5.89. The summed E-state index contributed by atoms with van der Waals surface area (Å²) in [7, 11) is 0. The van der Waals surface area contributed by atoms with E-state index in [1.54, 1.807) is 6.92 Å². The number of aromatic amines is 1. The second-order valence-corrected chi connectivity index (χ2v) is 2.09. The average molecular weight is 207 g/mol. The Morgan fingerprint density at radius 1 is 1.64 bits per heavy atom. The Morgan fingerprint density at radius 2 is 2.36 bits per heavy atom. The highest BCUT2D eigenvalue weighted by atomic mass is 19.3. The molecule has 1 aromatic rings. The van der Waals surface area contributed by atoms with Crippen molar-refractivity contribution in [3.05, 3.63) is 5.69 Å². The molecule has 0 saturated carbocycles. The summed E-state index contributed by atoms with van der Waals surface area (Å²) >= 11 is 0. The first-order valence-electron chi connectivity index (χ1n) is 3.68. The van der Waals surface area contributed by atoms with Crippen molar-refractivity contribution in [3.63, 3.8) is 0 Å². The SMILES string of the molecule is CCOC(=O)c1[nH]nnc1OC(F)F. The lowest BCUT2D eigenvalue weighted by atomic mass is 10.5. The molecule has 0 atom stereocenters. The van der Waals surface area contributed by atoms with Crippen LogP contribution in [0.25, 0.3) is 0 Å². The number of esters is 1. The summed E-state index contributed by atoms with van der Waals surface area (Å²) in [5.41, 5.74) is -0.327. The number of hydrogen-bond acceptors (Lipinski definition) is 5. The molecule has 78 valence electrons. The molecule has 0 aliphatic heterocycles. The van der Waals surface area contributed by atoms with Gasteiger partial charge in [0.15, 0.2) is 0 Å². The number of aromatic nitrogens is 3. The third-order valence-electron chi connectivity index (χ3n) is 1.20. The van der Waals surface area contributed by atoms with Gasteiger partial charge in [0.2, 0.25) is 5.69 Å². The van der Waals surface area contributed by atoms with Crippen LogP contribution < -0.4 is 4.74 Å². The first-order chi connectivity index (χ1) is 6.65. The molecule has 0 amide bonds. The Bertz CT molecular complexity index is 315. The van der Waals surface area contributed by atoms with Crippen LogP contribution in [-0.4, -0.2) is 34.6 Å². The van der Waals surface area contributed by atoms with Gasteiger partial charge in [-0.05, 0) is 6.92 Å². The number of carbonyl (C=O) groups is 1. The van der Waals surface area contributed by atoms with Crippen LogP contribution >= 0.6 is 0 Å². The molecule has 0 aliphatic rings. The first-order valence-corrected chi connectivity index (χ1v) is 3.68. The van der Waals surface area contributed by atoms with Crippen molar-refractivity contribution in [2.24, 2.45) is 0 Å². The van der Waals surface area contributed by atoms with Gasteiger partial charge in [-0.25, -0.2) is 9.89 Å². The predicted molar refractivity (Wildman–Crippen MR) is 39.0 cm³/mol. The van der Waals surface area contributed by atoms with Gasteiger partial charge < -0.3 is 9.47 Å². The Kier molecular flexibility index (Phi) is 3.32. The second-order valence-electron chi connectivity index (χ2n) is 2.09. The van der Waals surface area contributed by atoms with E-state index in [1.807, 2.05) is 0 Å². The third kappa shape index (κ3) is 2.38. The number of rotatable bonds is 4. The smallest absolute Gasteiger partial charge is 0.388 e. The van der Waals surface area contributed by atoms with Gasteiger partial charge in [-0.2, -0.15) is 8.78 Å². The molecule has 0 aromatic carbocycles. The number of hydrogen-bond donors (Lipinski definition) is 1. The van der Waals surface area contributed by atoms with Crippen molar-refractivity contribution in [1.82, 2.24) is 15.4 Å². The lowest BCUT2D eigenvalue weighted by Crippen LogP contribution is -2.10. The number of H-pyrrole nitrogens is 1. The van der Waals surface area contributed by atoms with Crippen LogP contribution in [0.5, 0.6) is 5.88 Å². The lowest BCUT2D eigenvalue weighted by molar-refractivity contribution is -0.0535. The van der Waals surface area contributed by atoms with Crippen molar-refractivity contribution in [2.45, 2.75) is 13.5 Å². The normalized spacial score (nSPS) is 10.3. The standard InChI is InChI=1S/C6H7F2N3O3/c1-2-13-5(12)3-4(10-11-9-3)14-6(7)8/h6H,2H2,1H3,(H,9,10,11). The zero-order chi connectivity index (χ0) is 10.6. The molecule has 0 bridgehead atoms. The fourth-order valence-corrected chi connectivity index (χ4v) is 0.721. The van der Waals surface area contributed by atoms with Crippen molar-refractivity contribution in [1.29, 1.82) is 0 Å². The van der Waals surface area contributed by atoms with Crippen molar-refractivity contribution in [3.8, 4) is 5.88 Å². The zero-order valence-corrected chi connectivity index (χ0v) is 7.16. The molecule has 0 unspecified atom stereocenters. The zero-order valence-electron chi connectivity index (χ0n) is 7.16. The van der Waals surface area contributed by atoms with Crippen LogP contribution in [0.2, 0.25) is 0 Å². The summed E-state index contributed by atoms with van der Waals surface area (Å²) in [6.45, 7) is -1.37. The fourth-order valence-electron chi connectivity index (χ4n) is 0.721. The van der Waals surface area contributed by atoms with Crippen LogP contribution in [0.3, 0.4) is 0 Å². The van der Waals surface area contributed by atoms with Gasteiger partial charge in [-0.15, -0.1) is 0 Å². The molecule has 1 N–H and O–H groups in total. The maximum absolute atomic E-state index is 11.8. The van der Waals surface area contributed by atoms with Crippen LogP contribution in [0, 0.1) is 0 Å². The van der Waals surface area contributed by atoms with E-state index >= 15 is 0 Å². The summed E-state index contributed by atoms with van der Waals surface area (Å²) in [6, 6.07) is 0. The number of nitrogens with zero attached hydrogens (tertiary/aromatic N) is 2. The third-order valence-corrected chi connectivity index (χ3v) is 1.20. The van der Waals surface area contributed by atoms with Gasteiger partial charge in [-0.3, -0.25) is 0 Å². The minimum absolute atomic E-state index is 0.117. The van der Waals surface area contributed by atoms with Gasteiger partial charge in [0.1, 0.15) is 0 Å². The summed E-state index contributed by atoms with van der Waals surface area (Å²) in [5, 5.41) is 8.40. The van der Waals surface area contributed by atoms with E-state index in [4.69, 9.17) is 0 Å². The second kappa shape index (κ2) is 4.49. The van der Waals surface area contributed by atoms with E-state index in [1.165, 1.54) is 0 Å². The Hall–Kier alpha value is -1.73. The van der Waals surface area contributed by atoms with Crippen LogP contribution in [0.1, 0.15) is 17.4 Å². The molecule has 1 heterocycles. The number of carbonyl (C=O) groups excluding carboxylic acids is 1. The maximum Gasteiger partial charge on any atom is 0.388 e. The molecule has 6 nitrogen and oxygen atoms in total. The minimum Gasteiger partial charge on any atom is -0.461 e. The first kappa shape index (κ1) is 10.4. The Morgan fingerprint density at radius 3 is 2.93 bits per heavy atom. The van der Waals surface area contributed by atoms with E-state index in [0.717, 1.165) is 0 Å². The summed E-state index contributed by atoms with van der Waals surface area (Å²) < 4.78 is 32.0. The number of halogens is 2. The molecular formula is C6H7F2N3O3. The average Bonchev–Trinajstić information content (AvgIpc) is 2.51. The Labute approximate surface area is 77.2 Å². The van der Waals surface area contributed by atoms with Gasteiger partial charge in [0.25, 0.3) is 5.88 Å². The highest BCUT2D eigenvalue weighted by Crippen LogP contribution is 2.14. The van der Waals surface area contributed by atoms with E-state index < -0.39 is 18.5 Å². The van der Waals surface area contributed by atoms with E-state index in [2.05, 4.69) is 24.9 Å². The summed E-state index contributed by atoms with van der Waals surface area (Å²) in [5.74, 6) is -1.41. The molecule has 0 radical (unpaired) electrons. The van der Waals surface area contributed by atoms with Gasteiger partial charge in [0, 0.05) is 0 Å². The molecule has 0 saturated heterocycles. The lowest BCUT2D eigenvalue weighted by Gasteiger charge is -2.02. The van der Waals surface area contributed by atoms with Crippen molar-refractivity contribution < 1.29 is 23.0 Å². The molecule has 1 aromatic heterocycles. The van der Waals surface area contributed by atoms with E-state index in [9.17, 15) is 13.6 Å². The van der Waals surface area contributed by atoms with E-state index in [0.29, 0.717) is 0 Å². The van der Waals surface area contributed by atoms with E-state index in [-0.39, 0.29) is 12.3 Å². The molecule has 14 heavy (non-hydrogen) atoms. The van der Waals surface area contributed by atoms with Gasteiger partial charge in [0.05, 0.1) is 6.61 Å². The van der Waals surface area contributed by atoms with Gasteiger partial charge >= 0.3 is 12.6 Å². The molecule has 0 fully saturated rings. The highest BCUT2D eigenvalue weighted by Gasteiger charge is 2.20. The minimum atomic E-state index is -3.06. The molecule has 0 aliphatic carbocycles. The number of nitrogens with one attached hydrogen (secondary N) is 1. The predicted octanol–water partition coefficient (Wildman–Crippen LogP) is 0.583.